The van der Waals surface area contributed by atoms with Crippen LogP contribution in [0.5, 0.6) is 0 Å². The standard InChI is InChI=1S/C14H15N3O2S/c15-13(19)11-9-16-14(20-11)17-12(18)8-4-7-10-5-2-1-3-6-10/h1-3,5-6,9H,4,7-8H2,(H2,15,19)(H,16,17,18). The van der Waals surface area contributed by atoms with E-state index in [1.165, 1.54) is 11.8 Å². The molecule has 0 aliphatic rings. The fourth-order valence-electron chi connectivity index (χ4n) is 1.73. The monoisotopic (exact) mass is 289 g/mol. The van der Waals surface area contributed by atoms with Crippen molar-refractivity contribution in [3.8, 4) is 0 Å². The molecule has 0 saturated carbocycles. The first-order chi connectivity index (χ1) is 9.65. The Morgan fingerprint density at radius 1 is 1.25 bits per heavy atom. The predicted molar refractivity (Wildman–Crippen MR) is 78.6 cm³/mol. The van der Waals surface area contributed by atoms with Gasteiger partial charge < -0.3 is 11.1 Å². The van der Waals surface area contributed by atoms with Gasteiger partial charge in [0.05, 0.1) is 6.20 Å². The Balaban J connectivity index is 1.76. The largest absolute Gasteiger partial charge is 0.365 e. The van der Waals surface area contributed by atoms with Gasteiger partial charge in [-0.25, -0.2) is 4.98 Å². The number of amides is 2. The molecular formula is C14H15N3O2S. The normalized spacial score (nSPS) is 10.2. The minimum absolute atomic E-state index is 0.105. The van der Waals surface area contributed by atoms with Crippen molar-refractivity contribution in [1.29, 1.82) is 0 Å². The molecule has 2 rings (SSSR count). The number of carbonyl (C=O) groups excluding carboxylic acids is 2. The van der Waals surface area contributed by atoms with Crippen LogP contribution in [-0.4, -0.2) is 16.8 Å². The van der Waals surface area contributed by atoms with Gasteiger partial charge in [0, 0.05) is 6.42 Å². The lowest BCUT2D eigenvalue weighted by Crippen LogP contribution is -2.11. The maximum atomic E-state index is 11.7. The lowest BCUT2D eigenvalue weighted by Gasteiger charge is -2.02. The van der Waals surface area contributed by atoms with Crippen molar-refractivity contribution in [1.82, 2.24) is 4.98 Å². The lowest BCUT2D eigenvalue weighted by molar-refractivity contribution is -0.116. The number of benzene rings is 1. The third-order valence-corrected chi connectivity index (χ3v) is 3.63. The van der Waals surface area contributed by atoms with Crippen LogP contribution in [0.15, 0.2) is 36.5 Å². The summed E-state index contributed by atoms with van der Waals surface area (Å²) in [5.41, 5.74) is 6.33. The molecule has 20 heavy (non-hydrogen) atoms. The van der Waals surface area contributed by atoms with Crippen molar-refractivity contribution in [2.24, 2.45) is 5.73 Å². The first-order valence-electron chi connectivity index (χ1n) is 6.24. The summed E-state index contributed by atoms with van der Waals surface area (Å²) < 4.78 is 0. The Labute approximate surface area is 120 Å². The Bertz CT molecular complexity index is 595. The van der Waals surface area contributed by atoms with E-state index in [0.717, 1.165) is 24.2 Å². The van der Waals surface area contributed by atoms with Gasteiger partial charge in [0.2, 0.25) is 5.91 Å². The summed E-state index contributed by atoms with van der Waals surface area (Å²) in [4.78, 5) is 26.9. The zero-order valence-corrected chi connectivity index (χ0v) is 11.7. The number of thiazole rings is 1. The van der Waals surface area contributed by atoms with E-state index in [2.05, 4.69) is 10.3 Å². The molecule has 0 saturated heterocycles. The van der Waals surface area contributed by atoms with Crippen LogP contribution in [0.3, 0.4) is 0 Å². The molecule has 2 aromatic rings. The molecule has 2 amide bonds. The van der Waals surface area contributed by atoms with Crippen LogP contribution in [0.25, 0.3) is 0 Å². The van der Waals surface area contributed by atoms with Gasteiger partial charge in [-0.2, -0.15) is 0 Å². The molecule has 0 atom stereocenters. The van der Waals surface area contributed by atoms with Crippen LogP contribution < -0.4 is 11.1 Å². The molecule has 1 heterocycles. The third kappa shape index (κ3) is 4.17. The van der Waals surface area contributed by atoms with Gasteiger partial charge in [0.25, 0.3) is 5.91 Å². The molecule has 3 N–H and O–H groups in total. The molecule has 0 aliphatic heterocycles. The van der Waals surface area contributed by atoms with Gasteiger partial charge in [0.1, 0.15) is 4.88 Å². The summed E-state index contributed by atoms with van der Waals surface area (Å²) in [5.74, 6) is -0.640. The molecular weight excluding hydrogens is 274 g/mol. The number of anilines is 1. The number of hydrogen-bond acceptors (Lipinski definition) is 4. The van der Waals surface area contributed by atoms with Gasteiger partial charge in [-0.1, -0.05) is 41.7 Å². The summed E-state index contributed by atoms with van der Waals surface area (Å²) in [6.45, 7) is 0. The van der Waals surface area contributed by atoms with E-state index < -0.39 is 5.91 Å². The minimum Gasteiger partial charge on any atom is -0.365 e. The van der Waals surface area contributed by atoms with Gasteiger partial charge in [-0.15, -0.1) is 0 Å². The second kappa shape index (κ2) is 6.81. The summed E-state index contributed by atoms with van der Waals surface area (Å²) in [6, 6.07) is 10.0. The first kappa shape index (κ1) is 14.2. The maximum Gasteiger partial charge on any atom is 0.260 e. The number of rotatable bonds is 6. The molecule has 0 aliphatic carbocycles. The average molecular weight is 289 g/mol. The fourth-order valence-corrected chi connectivity index (χ4v) is 2.41. The Morgan fingerprint density at radius 2 is 2.00 bits per heavy atom. The molecule has 104 valence electrons. The fraction of sp³-hybridized carbons (Fsp3) is 0.214. The highest BCUT2D eigenvalue weighted by Crippen LogP contribution is 2.17. The van der Waals surface area contributed by atoms with E-state index in [1.54, 1.807) is 0 Å². The average Bonchev–Trinajstić information content (AvgIpc) is 2.88. The first-order valence-corrected chi connectivity index (χ1v) is 7.06. The molecule has 0 bridgehead atoms. The number of nitrogens with two attached hydrogens (primary N) is 1. The van der Waals surface area contributed by atoms with E-state index in [9.17, 15) is 9.59 Å². The topological polar surface area (TPSA) is 85.1 Å². The summed E-state index contributed by atoms with van der Waals surface area (Å²) in [5, 5.41) is 3.07. The number of aryl methyl sites for hydroxylation is 1. The number of carbonyl (C=O) groups is 2. The number of nitrogens with zero attached hydrogens (tertiary/aromatic N) is 1. The molecule has 5 nitrogen and oxygen atoms in total. The van der Waals surface area contributed by atoms with Crippen LogP contribution in [0.4, 0.5) is 5.13 Å². The predicted octanol–water partition coefficient (Wildman–Crippen LogP) is 2.20. The Kier molecular flexibility index (Phi) is 4.84. The van der Waals surface area contributed by atoms with Gasteiger partial charge in [-0.3, -0.25) is 9.59 Å². The molecule has 6 heteroatoms. The Morgan fingerprint density at radius 3 is 2.65 bits per heavy atom. The van der Waals surface area contributed by atoms with Crippen molar-refractivity contribution >= 4 is 28.3 Å². The highest BCUT2D eigenvalue weighted by molar-refractivity contribution is 7.17. The molecule has 1 aromatic carbocycles. The minimum atomic E-state index is -0.535. The summed E-state index contributed by atoms with van der Waals surface area (Å²) >= 11 is 1.08. The molecule has 0 radical (unpaired) electrons. The lowest BCUT2D eigenvalue weighted by atomic mass is 10.1. The summed E-state index contributed by atoms with van der Waals surface area (Å²) in [6.07, 6.45) is 3.41. The second-order valence-corrected chi connectivity index (χ2v) is 5.31. The van der Waals surface area contributed by atoms with Crippen LogP contribution >= 0.6 is 11.3 Å². The smallest absolute Gasteiger partial charge is 0.260 e. The maximum absolute atomic E-state index is 11.7. The SMILES string of the molecule is NC(=O)c1cnc(NC(=O)CCCc2ccccc2)s1. The van der Waals surface area contributed by atoms with Crippen molar-refractivity contribution in [3.63, 3.8) is 0 Å². The second-order valence-electron chi connectivity index (χ2n) is 4.28. The number of nitrogens with one attached hydrogen (secondary N) is 1. The number of primary amides is 1. The van der Waals surface area contributed by atoms with Crippen LogP contribution in [0, 0.1) is 0 Å². The van der Waals surface area contributed by atoms with Gasteiger partial charge in [-0.05, 0) is 18.4 Å². The molecule has 0 unspecified atom stereocenters. The van der Waals surface area contributed by atoms with E-state index in [0.29, 0.717) is 16.4 Å². The highest BCUT2D eigenvalue weighted by Gasteiger charge is 2.09. The number of hydrogen-bond donors (Lipinski definition) is 2. The van der Waals surface area contributed by atoms with Gasteiger partial charge in [0.15, 0.2) is 5.13 Å². The highest BCUT2D eigenvalue weighted by atomic mass is 32.1. The van der Waals surface area contributed by atoms with Crippen molar-refractivity contribution in [3.05, 3.63) is 47.0 Å². The van der Waals surface area contributed by atoms with Crippen LogP contribution in [0.1, 0.15) is 28.1 Å². The molecule has 1 aromatic heterocycles. The van der Waals surface area contributed by atoms with Crippen molar-refractivity contribution in [2.45, 2.75) is 19.3 Å². The van der Waals surface area contributed by atoms with Crippen molar-refractivity contribution in [2.75, 3.05) is 5.32 Å². The molecule has 0 fully saturated rings. The number of aromatic nitrogens is 1. The third-order valence-electron chi connectivity index (χ3n) is 2.71. The quantitative estimate of drug-likeness (QED) is 0.855. The zero-order chi connectivity index (χ0) is 14.4. The summed E-state index contributed by atoms with van der Waals surface area (Å²) in [7, 11) is 0. The van der Waals surface area contributed by atoms with E-state index in [1.807, 2.05) is 30.3 Å². The zero-order valence-electron chi connectivity index (χ0n) is 10.8. The van der Waals surface area contributed by atoms with Gasteiger partial charge >= 0.3 is 0 Å². The van der Waals surface area contributed by atoms with Crippen LogP contribution in [0.2, 0.25) is 0 Å². The molecule has 0 spiro atoms. The van der Waals surface area contributed by atoms with Crippen molar-refractivity contribution < 1.29 is 9.59 Å². The van der Waals surface area contributed by atoms with E-state index >= 15 is 0 Å². The van der Waals surface area contributed by atoms with Crippen LogP contribution in [-0.2, 0) is 11.2 Å². The van der Waals surface area contributed by atoms with E-state index in [-0.39, 0.29) is 5.91 Å². The van der Waals surface area contributed by atoms with E-state index in [4.69, 9.17) is 5.73 Å². The Hall–Kier alpha value is -2.21.